The van der Waals surface area contributed by atoms with Gasteiger partial charge in [-0.3, -0.25) is 4.79 Å². The summed E-state index contributed by atoms with van der Waals surface area (Å²) in [5.41, 5.74) is 4.22. The number of carbonyl (C=O) groups excluding carboxylic acids is 2. The maximum Gasteiger partial charge on any atom is 0.338 e. The molecule has 0 saturated heterocycles. The highest BCUT2D eigenvalue weighted by Gasteiger charge is 2.59. The molecule has 4 aliphatic carbocycles. The number of amides is 1. The molecule has 0 spiro atoms. The molecule has 0 bridgehead atoms. The average Bonchev–Trinajstić information content (AvgIpc) is 3.60. The van der Waals surface area contributed by atoms with Crippen LogP contribution >= 0.6 is 0 Å². The van der Waals surface area contributed by atoms with Crippen molar-refractivity contribution >= 4 is 23.6 Å². The summed E-state index contributed by atoms with van der Waals surface area (Å²) in [5, 5.41) is 2.91. The van der Waals surface area contributed by atoms with E-state index >= 15 is 0 Å². The second-order valence-corrected chi connectivity index (χ2v) is 20.2. The van der Waals surface area contributed by atoms with Crippen LogP contribution in [-0.2, 0) is 9.53 Å². The van der Waals surface area contributed by atoms with Crippen molar-refractivity contribution in [3.8, 4) is 11.5 Å². The molecule has 330 valence electrons. The minimum atomic E-state index is -0.289. The minimum Gasteiger partial charge on any atom is -0.493 e. The molecule has 2 aromatic carbocycles. The lowest BCUT2D eigenvalue weighted by Crippen LogP contribution is -2.51. The van der Waals surface area contributed by atoms with Crippen LogP contribution in [0.15, 0.2) is 60.2 Å². The van der Waals surface area contributed by atoms with Crippen molar-refractivity contribution in [2.45, 2.75) is 170 Å². The van der Waals surface area contributed by atoms with Gasteiger partial charge >= 0.3 is 5.97 Å². The molecule has 8 atom stereocenters. The number of benzene rings is 2. The molecule has 6 heteroatoms. The van der Waals surface area contributed by atoms with Crippen LogP contribution in [0.25, 0.3) is 6.08 Å². The highest BCUT2D eigenvalue weighted by molar-refractivity contribution is 6.02. The molecule has 2 aromatic rings. The fourth-order valence-electron chi connectivity index (χ4n) is 12.3. The van der Waals surface area contributed by atoms with Crippen molar-refractivity contribution in [3.63, 3.8) is 0 Å². The van der Waals surface area contributed by atoms with E-state index in [9.17, 15) is 9.59 Å². The standard InChI is InChI=1S/C54H79NO5/c1-8-9-10-11-12-13-14-15-35-59-49-29-19-40(36-50(49)58-7)20-30-51(56)55-43-24-21-41(22-25-43)52(57)60-44-31-33-53(5)42(37-44)23-26-45-47-28-27-46(39(4)18-16-17-38(2)3)54(47,6)34-32-48(45)53/h19-25,29-30,36,38-39,44-48H,8-18,26-28,31-35,37H2,1-7H3,(H,55,56)/b30-20+/t39-,44?,45+,46-,47+,48+,53+,54-/m1/s1. The number of esters is 1. The maximum atomic E-state index is 13.4. The van der Waals surface area contributed by atoms with E-state index in [2.05, 4.69) is 52.9 Å². The molecule has 60 heavy (non-hydrogen) atoms. The highest BCUT2D eigenvalue weighted by atomic mass is 16.5. The lowest BCUT2D eigenvalue weighted by Gasteiger charge is -2.58. The van der Waals surface area contributed by atoms with Gasteiger partial charge in [-0.2, -0.15) is 0 Å². The van der Waals surface area contributed by atoms with Gasteiger partial charge in [-0.05, 0) is 146 Å². The van der Waals surface area contributed by atoms with Gasteiger partial charge in [-0.1, -0.05) is 123 Å². The molecule has 3 saturated carbocycles. The molecule has 4 aliphatic rings. The first-order chi connectivity index (χ1) is 28.9. The Hall–Kier alpha value is -3.54. The molecule has 1 N–H and O–H groups in total. The fraction of sp³-hybridized carbons (Fsp3) is 0.667. The minimum absolute atomic E-state index is 0.0940. The predicted molar refractivity (Wildman–Crippen MR) is 247 cm³/mol. The second kappa shape index (κ2) is 21.5. The van der Waals surface area contributed by atoms with Gasteiger partial charge in [0.05, 0.1) is 19.3 Å². The molecule has 0 radical (unpaired) electrons. The zero-order chi connectivity index (χ0) is 42.7. The van der Waals surface area contributed by atoms with Crippen LogP contribution in [0.5, 0.6) is 11.5 Å². The molecule has 6 nitrogen and oxygen atoms in total. The number of carbonyl (C=O) groups is 2. The van der Waals surface area contributed by atoms with Crippen molar-refractivity contribution in [2.75, 3.05) is 19.0 Å². The lowest BCUT2D eigenvalue weighted by molar-refractivity contribution is -0.111. The summed E-state index contributed by atoms with van der Waals surface area (Å²) in [4.78, 5) is 26.2. The van der Waals surface area contributed by atoms with Gasteiger partial charge in [0, 0.05) is 18.2 Å². The molecule has 1 unspecified atom stereocenters. The number of fused-ring (bicyclic) bond motifs is 5. The number of ether oxygens (including phenoxy) is 3. The maximum absolute atomic E-state index is 13.4. The van der Waals surface area contributed by atoms with Crippen LogP contribution in [0, 0.1) is 46.3 Å². The molecular weight excluding hydrogens is 743 g/mol. The van der Waals surface area contributed by atoms with Crippen molar-refractivity contribution in [1.82, 2.24) is 0 Å². The van der Waals surface area contributed by atoms with Crippen LogP contribution in [-0.4, -0.2) is 31.7 Å². The largest absolute Gasteiger partial charge is 0.493 e. The van der Waals surface area contributed by atoms with Gasteiger partial charge in [-0.15, -0.1) is 0 Å². The van der Waals surface area contributed by atoms with Crippen LogP contribution in [0.2, 0.25) is 0 Å². The summed E-state index contributed by atoms with van der Waals surface area (Å²) < 4.78 is 17.8. The molecule has 0 heterocycles. The quantitative estimate of drug-likeness (QED) is 0.0588. The first kappa shape index (κ1) is 46.0. The normalized spacial score (nSPS) is 27.7. The van der Waals surface area contributed by atoms with Gasteiger partial charge in [0.1, 0.15) is 6.10 Å². The van der Waals surface area contributed by atoms with Crippen molar-refractivity contribution < 1.29 is 23.8 Å². The van der Waals surface area contributed by atoms with Gasteiger partial charge in [0.15, 0.2) is 11.5 Å². The van der Waals surface area contributed by atoms with E-state index in [1.165, 1.54) is 108 Å². The number of allylic oxidation sites excluding steroid dienone is 1. The molecular formula is C54H79NO5. The first-order valence-corrected chi connectivity index (χ1v) is 24.3. The van der Waals surface area contributed by atoms with Crippen LogP contribution in [0.3, 0.4) is 0 Å². The number of hydrogen-bond donors (Lipinski definition) is 1. The Morgan fingerprint density at radius 1 is 0.833 bits per heavy atom. The van der Waals surface area contributed by atoms with Crippen LogP contribution in [0.4, 0.5) is 5.69 Å². The third-order valence-corrected chi connectivity index (χ3v) is 15.8. The smallest absolute Gasteiger partial charge is 0.338 e. The Morgan fingerprint density at radius 3 is 2.32 bits per heavy atom. The zero-order valence-corrected chi connectivity index (χ0v) is 38.5. The topological polar surface area (TPSA) is 73.9 Å². The molecule has 3 fully saturated rings. The summed E-state index contributed by atoms with van der Waals surface area (Å²) in [5.74, 6) is 5.72. The first-order valence-electron chi connectivity index (χ1n) is 24.3. The molecule has 0 aromatic heterocycles. The highest BCUT2D eigenvalue weighted by Crippen LogP contribution is 2.67. The predicted octanol–water partition coefficient (Wildman–Crippen LogP) is 14.4. The van der Waals surface area contributed by atoms with Gasteiger partial charge < -0.3 is 19.5 Å². The van der Waals surface area contributed by atoms with E-state index in [-0.39, 0.29) is 23.4 Å². The van der Waals surface area contributed by atoms with E-state index in [0.717, 1.165) is 66.8 Å². The number of methoxy groups -OCH3 is 1. The number of rotatable bonds is 21. The third kappa shape index (κ3) is 11.3. The van der Waals surface area contributed by atoms with Crippen LogP contribution < -0.4 is 14.8 Å². The Kier molecular flexibility index (Phi) is 16.5. The fourth-order valence-corrected chi connectivity index (χ4v) is 12.3. The summed E-state index contributed by atoms with van der Waals surface area (Å²) >= 11 is 0. The third-order valence-electron chi connectivity index (χ3n) is 15.8. The summed E-state index contributed by atoms with van der Waals surface area (Å²) in [6.07, 6.45) is 29.6. The van der Waals surface area contributed by atoms with Crippen molar-refractivity contribution in [3.05, 3.63) is 71.3 Å². The Morgan fingerprint density at radius 2 is 1.58 bits per heavy atom. The van der Waals surface area contributed by atoms with E-state index < -0.39 is 0 Å². The molecule has 1 amide bonds. The summed E-state index contributed by atoms with van der Waals surface area (Å²) in [6, 6.07) is 12.7. The Balaban J connectivity index is 0.948. The number of unbranched alkanes of at least 4 members (excludes halogenated alkanes) is 7. The van der Waals surface area contributed by atoms with Crippen molar-refractivity contribution in [1.29, 1.82) is 0 Å². The van der Waals surface area contributed by atoms with E-state index in [1.807, 2.05) is 18.2 Å². The monoisotopic (exact) mass is 822 g/mol. The average molecular weight is 822 g/mol. The zero-order valence-electron chi connectivity index (χ0n) is 38.5. The Bertz CT molecular complexity index is 1760. The van der Waals surface area contributed by atoms with Gasteiger partial charge in [-0.25, -0.2) is 4.79 Å². The Labute approximate surface area is 364 Å². The van der Waals surface area contributed by atoms with Crippen LogP contribution in [0.1, 0.15) is 179 Å². The molecule has 6 rings (SSSR count). The van der Waals surface area contributed by atoms with E-state index in [1.54, 1.807) is 37.5 Å². The number of hydrogen-bond acceptors (Lipinski definition) is 5. The SMILES string of the molecule is CCCCCCCCCCOc1ccc(/C=C/C(=O)Nc2ccc(C(=O)OC3CC[C@@]4(C)C(=CC[C@H]5[C@@H]6CC[C@H]([C@H](C)CCCC(C)C)[C@@]6(C)CC[C@@H]54)C3)cc2)cc1OC. The lowest BCUT2D eigenvalue weighted by atomic mass is 9.47. The van der Waals surface area contributed by atoms with E-state index in [4.69, 9.17) is 14.2 Å². The second-order valence-electron chi connectivity index (χ2n) is 20.2. The summed E-state index contributed by atoms with van der Waals surface area (Å²) in [7, 11) is 1.63. The van der Waals surface area contributed by atoms with Gasteiger partial charge in [0.2, 0.25) is 5.91 Å². The number of nitrogens with one attached hydrogen (secondary N) is 1. The summed E-state index contributed by atoms with van der Waals surface area (Å²) in [6.45, 7) is 15.4. The number of anilines is 1. The van der Waals surface area contributed by atoms with E-state index in [0.29, 0.717) is 34.8 Å². The van der Waals surface area contributed by atoms with Crippen molar-refractivity contribution in [2.24, 2.45) is 46.3 Å². The molecule has 0 aliphatic heterocycles. The van der Waals surface area contributed by atoms with Gasteiger partial charge in [0.25, 0.3) is 0 Å².